The quantitative estimate of drug-likeness (QED) is 0.443. The van der Waals surface area contributed by atoms with Crippen molar-refractivity contribution >= 4 is 7.28 Å². The van der Waals surface area contributed by atoms with Gasteiger partial charge >= 0.3 is 0 Å². The van der Waals surface area contributed by atoms with Gasteiger partial charge in [-0.1, -0.05) is 27.1 Å². The number of nitrogens with one attached hydrogen (secondary N) is 1. The summed E-state index contributed by atoms with van der Waals surface area (Å²) < 4.78 is 0. The van der Waals surface area contributed by atoms with Gasteiger partial charge in [-0.2, -0.15) is 0 Å². The Labute approximate surface area is 77.5 Å². The van der Waals surface area contributed by atoms with Crippen molar-refractivity contribution in [1.29, 1.82) is 0 Å². The summed E-state index contributed by atoms with van der Waals surface area (Å²) in [4.78, 5) is 0. The molecule has 0 aliphatic rings. The SMILES string of the molecule is C[B]C(C)(N)CCNCCCC. The smallest absolute Gasteiger partial charge is 0.133 e. The van der Waals surface area contributed by atoms with Crippen LogP contribution in [0.2, 0.25) is 6.82 Å². The van der Waals surface area contributed by atoms with Crippen LogP contribution < -0.4 is 11.1 Å². The summed E-state index contributed by atoms with van der Waals surface area (Å²) in [5.74, 6) is 0. The first-order chi connectivity index (χ1) is 5.62. The Morgan fingerprint density at radius 1 is 1.42 bits per heavy atom. The molecule has 0 aromatic carbocycles. The number of nitrogens with two attached hydrogens (primary N) is 1. The molecular weight excluding hydrogens is 147 g/mol. The topological polar surface area (TPSA) is 38.0 Å². The van der Waals surface area contributed by atoms with Crippen LogP contribution in [-0.4, -0.2) is 25.8 Å². The van der Waals surface area contributed by atoms with Gasteiger partial charge in [0.2, 0.25) is 0 Å². The Morgan fingerprint density at radius 2 is 2.08 bits per heavy atom. The molecule has 1 unspecified atom stereocenters. The lowest BCUT2D eigenvalue weighted by atomic mass is 9.60. The number of hydrogen-bond donors (Lipinski definition) is 2. The van der Waals surface area contributed by atoms with Crippen molar-refractivity contribution in [2.75, 3.05) is 13.1 Å². The molecule has 1 atom stereocenters. The second-order valence-corrected chi connectivity index (χ2v) is 3.65. The zero-order valence-corrected chi connectivity index (χ0v) is 8.69. The third-order valence-electron chi connectivity index (χ3n) is 2.21. The molecule has 2 nitrogen and oxygen atoms in total. The fraction of sp³-hybridized carbons (Fsp3) is 1.00. The van der Waals surface area contributed by atoms with Crippen LogP contribution in [0.4, 0.5) is 0 Å². The Bertz CT molecular complexity index is 105. The maximum Gasteiger partial charge on any atom is 0.133 e. The predicted molar refractivity (Wildman–Crippen MR) is 56.6 cm³/mol. The monoisotopic (exact) mass is 169 g/mol. The van der Waals surface area contributed by atoms with E-state index in [9.17, 15) is 0 Å². The average molecular weight is 169 g/mol. The van der Waals surface area contributed by atoms with E-state index in [1.165, 1.54) is 12.8 Å². The normalized spacial score (nSPS) is 15.7. The molecule has 0 rings (SSSR count). The number of unbranched alkanes of at least 4 members (excludes halogenated alkanes) is 1. The molecule has 0 bridgehead atoms. The van der Waals surface area contributed by atoms with Crippen LogP contribution >= 0.6 is 0 Å². The van der Waals surface area contributed by atoms with Gasteiger partial charge in [0, 0.05) is 0 Å². The van der Waals surface area contributed by atoms with E-state index < -0.39 is 0 Å². The van der Waals surface area contributed by atoms with Crippen molar-refractivity contribution in [1.82, 2.24) is 5.32 Å². The van der Waals surface area contributed by atoms with Crippen molar-refractivity contribution in [2.45, 2.75) is 45.4 Å². The molecular formula is C9H22BN2. The van der Waals surface area contributed by atoms with Gasteiger partial charge in [-0.15, -0.1) is 0 Å². The van der Waals surface area contributed by atoms with Gasteiger partial charge in [0.1, 0.15) is 7.28 Å². The van der Waals surface area contributed by atoms with E-state index in [-0.39, 0.29) is 5.44 Å². The molecule has 71 valence electrons. The molecule has 0 amide bonds. The molecule has 0 spiro atoms. The van der Waals surface area contributed by atoms with E-state index in [0.29, 0.717) is 0 Å². The highest BCUT2D eigenvalue weighted by Gasteiger charge is 2.14. The second-order valence-electron chi connectivity index (χ2n) is 3.65. The Morgan fingerprint density at radius 3 is 2.58 bits per heavy atom. The molecule has 1 radical (unpaired) electrons. The Balaban J connectivity index is 3.19. The van der Waals surface area contributed by atoms with Crippen LogP contribution in [0.5, 0.6) is 0 Å². The molecule has 0 saturated heterocycles. The largest absolute Gasteiger partial charge is 0.333 e. The molecule has 0 fully saturated rings. The zero-order valence-electron chi connectivity index (χ0n) is 8.69. The minimum atomic E-state index is -0.0980. The number of rotatable bonds is 7. The van der Waals surface area contributed by atoms with E-state index in [1.807, 2.05) is 6.82 Å². The maximum atomic E-state index is 5.94. The molecule has 0 aromatic rings. The van der Waals surface area contributed by atoms with Gasteiger partial charge in [-0.25, -0.2) is 0 Å². The zero-order chi connectivity index (χ0) is 9.45. The van der Waals surface area contributed by atoms with E-state index >= 15 is 0 Å². The molecule has 0 saturated carbocycles. The van der Waals surface area contributed by atoms with Crippen LogP contribution in [0, 0.1) is 0 Å². The van der Waals surface area contributed by atoms with Crippen LogP contribution in [0.1, 0.15) is 33.1 Å². The standard InChI is InChI=1S/C9H22BN2/c1-4-5-7-12-8-6-9(2,11)10-3/h12H,4-8,11H2,1-3H3. The molecule has 3 heteroatoms. The minimum absolute atomic E-state index is 0.0980. The lowest BCUT2D eigenvalue weighted by molar-refractivity contribution is 0.535. The second kappa shape index (κ2) is 6.50. The highest BCUT2D eigenvalue weighted by Crippen LogP contribution is 2.01. The van der Waals surface area contributed by atoms with Crippen LogP contribution in [-0.2, 0) is 0 Å². The van der Waals surface area contributed by atoms with E-state index in [1.54, 1.807) is 0 Å². The fourth-order valence-electron chi connectivity index (χ4n) is 0.929. The van der Waals surface area contributed by atoms with E-state index in [2.05, 4.69) is 26.4 Å². The first kappa shape index (κ1) is 12.0. The lowest BCUT2D eigenvalue weighted by Gasteiger charge is -2.22. The average Bonchev–Trinajstić information content (AvgIpc) is 2.04. The van der Waals surface area contributed by atoms with Crippen molar-refractivity contribution < 1.29 is 0 Å². The van der Waals surface area contributed by atoms with E-state index in [0.717, 1.165) is 19.5 Å². The summed E-state index contributed by atoms with van der Waals surface area (Å²) in [6, 6.07) is 0. The fourth-order valence-corrected chi connectivity index (χ4v) is 0.929. The molecule has 0 aromatic heterocycles. The summed E-state index contributed by atoms with van der Waals surface area (Å²) in [5, 5.41) is 3.38. The summed E-state index contributed by atoms with van der Waals surface area (Å²) in [6.07, 6.45) is 3.54. The molecule has 12 heavy (non-hydrogen) atoms. The summed E-state index contributed by atoms with van der Waals surface area (Å²) in [5.41, 5.74) is 5.84. The third kappa shape index (κ3) is 6.68. The van der Waals surface area contributed by atoms with Gasteiger partial charge < -0.3 is 11.1 Å². The summed E-state index contributed by atoms with van der Waals surface area (Å²) in [6.45, 7) is 8.43. The highest BCUT2D eigenvalue weighted by atomic mass is 14.9. The molecule has 0 aliphatic heterocycles. The van der Waals surface area contributed by atoms with Crippen LogP contribution in [0.15, 0.2) is 0 Å². The van der Waals surface area contributed by atoms with Gasteiger partial charge in [0.15, 0.2) is 0 Å². The van der Waals surface area contributed by atoms with Crippen molar-refractivity contribution in [2.24, 2.45) is 5.73 Å². The summed E-state index contributed by atoms with van der Waals surface area (Å²) in [7, 11) is 2.06. The predicted octanol–water partition coefficient (Wildman–Crippen LogP) is 1.19. The number of hydrogen-bond acceptors (Lipinski definition) is 2. The molecule has 0 heterocycles. The van der Waals surface area contributed by atoms with E-state index in [4.69, 9.17) is 5.73 Å². The third-order valence-corrected chi connectivity index (χ3v) is 2.21. The summed E-state index contributed by atoms with van der Waals surface area (Å²) >= 11 is 0. The van der Waals surface area contributed by atoms with Crippen molar-refractivity contribution in [3.05, 3.63) is 0 Å². The van der Waals surface area contributed by atoms with Gasteiger partial charge in [0.05, 0.1) is 0 Å². The van der Waals surface area contributed by atoms with Crippen molar-refractivity contribution in [3.63, 3.8) is 0 Å². The highest BCUT2D eigenvalue weighted by molar-refractivity contribution is 6.38. The van der Waals surface area contributed by atoms with Gasteiger partial charge in [-0.05, 0) is 31.4 Å². The Hall–Kier alpha value is -0.0151. The molecule has 3 N–H and O–H groups in total. The van der Waals surface area contributed by atoms with Gasteiger partial charge in [0.25, 0.3) is 0 Å². The maximum absolute atomic E-state index is 5.94. The Kier molecular flexibility index (Phi) is 6.49. The first-order valence-corrected chi connectivity index (χ1v) is 4.92. The van der Waals surface area contributed by atoms with Gasteiger partial charge in [-0.3, -0.25) is 0 Å². The van der Waals surface area contributed by atoms with Crippen LogP contribution in [0.3, 0.4) is 0 Å². The first-order valence-electron chi connectivity index (χ1n) is 4.92. The van der Waals surface area contributed by atoms with Crippen LogP contribution in [0.25, 0.3) is 0 Å². The minimum Gasteiger partial charge on any atom is -0.333 e. The van der Waals surface area contributed by atoms with Crippen molar-refractivity contribution in [3.8, 4) is 0 Å². The molecule has 0 aliphatic carbocycles. The lowest BCUT2D eigenvalue weighted by Crippen LogP contribution is -2.43.